The first kappa shape index (κ1) is 35.3. The van der Waals surface area contributed by atoms with Gasteiger partial charge in [-0.1, -0.05) is 86.6 Å². The standard InChI is InChI=1S/C36H42F2N4O4SSi/c1-23-19-42(20-24(2)46-23)33-25(18-28(30(37)31(33)38)32(40-44)34-39-29(22-47-34)35(43)41(6)7)21-45-48(36(3,4)5,26-14-10-8-11-15-26)27-16-12-9-13-17-27/h8-18,22-24,44H,19-21H2,1-7H3/t23-,24+. The molecule has 1 aliphatic heterocycles. The molecule has 5 rings (SSSR count). The van der Waals surface area contributed by atoms with Crippen LogP contribution >= 0.6 is 11.3 Å². The first-order valence-electron chi connectivity index (χ1n) is 15.8. The van der Waals surface area contributed by atoms with E-state index in [-0.39, 0.29) is 57.4 Å². The zero-order valence-electron chi connectivity index (χ0n) is 28.3. The van der Waals surface area contributed by atoms with Crippen LogP contribution in [0.5, 0.6) is 0 Å². The van der Waals surface area contributed by atoms with Crippen LogP contribution in [-0.2, 0) is 15.8 Å². The highest BCUT2D eigenvalue weighted by Crippen LogP contribution is 2.39. The molecule has 0 spiro atoms. The second-order valence-electron chi connectivity index (χ2n) is 13.4. The average Bonchev–Trinajstić information content (AvgIpc) is 3.53. The fourth-order valence-electron chi connectivity index (χ4n) is 6.52. The number of rotatable bonds is 9. The van der Waals surface area contributed by atoms with E-state index in [1.807, 2.05) is 50.2 Å². The Balaban J connectivity index is 1.69. The summed E-state index contributed by atoms with van der Waals surface area (Å²) in [5.41, 5.74) is 0.00489. The van der Waals surface area contributed by atoms with Crippen molar-refractivity contribution in [2.45, 2.75) is 58.5 Å². The van der Waals surface area contributed by atoms with Crippen LogP contribution in [0.2, 0.25) is 5.04 Å². The summed E-state index contributed by atoms with van der Waals surface area (Å²) in [6, 6.07) is 21.6. The maximum atomic E-state index is 16.6. The molecule has 1 fully saturated rings. The molecular formula is C36H42F2N4O4SSi. The summed E-state index contributed by atoms with van der Waals surface area (Å²) in [5, 5.41) is 16.8. The van der Waals surface area contributed by atoms with Crippen LogP contribution in [0.15, 0.2) is 77.3 Å². The number of hydrogen-bond donors (Lipinski definition) is 1. The Kier molecular flexibility index (Phi) is 10.5. The van der Waals surface area contributed by atoms with E-state index in [1.165, 1.54) is 16.3 Å². The fraction of sp³-hybridized carbons (Fsp3) is 0.361. The monoisotopic (exact) mass is 692 g/mol. The molecule has 8 nitrogen and oxygen atoms in total. The molecule has 1 aromatic heterocycles. The number of morpholine rings is 1. The summed E-state index contributed by atoms with van der Waals surface area (Å²) < 4.78 is 46.0. The van der Waals surface area contributed by atoms with Gasteiger partial charge in [-0.15, -0.1) is 11.3 Å². The van der Waals surface area contributed by atoms with E-state index in [1.54, 1.807) is 19.0 Å². The first-order chi connectivity index (χ1) is 22.8. The summed E-state index contributed by atoms with van der Waals surface area (Å²) in [7, 11) is 0.0790. The number of benzene rings is 3. The third kappa shape index (κ3) is 6.80. The minimum Gasteiger partial charge on any atom is -0.410 e. The van der Waals surface area contributed by atoms with Gasteiger partial charge in [-0.25, -0.2) is 13.8 Å². The maximum Gasteiger partial charge on any atom is 0.272 e. The molecule has 4 aromatic rings. The highest BCUT2D eigenvalue weighted by Gasteiger charge is 2.50. The minimum absolute atomic E-state index is 0.0616. The predicted octanol–water partition coefficient (Wildman–Crippen LogP) is 6.04. The number of aromatic nitrogens is 1. The first-order valence-corrected chi connectivity index (χ1v) is 18.6. The van der Waals surface area contributed by atoms with Crippen molar-refractivity contribution in [3.8, 4) is 0 Å². The van der Waals surface area contributed by atoms with Crippen LogP contribution in [0, 0.1) is 11.6 Å². The van der Waals surface area contributed by atoms with Crippen molar-refractivity contribution in [2.75, 3.05) is 32.1 Å². The Labute approximate surface area is 285 Å². The van der Waals surface area contributed by atoms with Gasteiger partial charge in [0.1, 0.15) is 16.4 Å². The van der Waals surface area contributed by atoms with Gasteiger partial charge in [0.05, 0.1) is 24.5 Å². The molecule has 0 aliphatic carbocycles. The molecule has 1 N–H and O–H groups in total. The molecule has 0 unspecified atom stereocenters. The summed E-state index contributed by atoms with van der Waals surface area (Å²) >= 11 is 1.00. The quantitative estimate of drug-likeness (QED) is 0.0997. The molecule has 0 radical (unpaired) electrons. The Morgan fingerprint density at radius 2 is 1.60 bits per heavy atom. The molecule has 48 heavy (non-hydrogen) atoms. The Morgan fingerprint density at radius 1 is 1.04 bits per heavy atom. The number of carbonyl (C=O) groups is 1. The maximum absolute atomic E-state index is 16.6. The Hall–Kier alpha value is -3.97. The number of nitrogens with zero attached hydrogens (tertiary/aromatic N) is 4. The third-order valence-electron chi connectivity index (χ3n) is 8.54. The van der Waals surface area contributed by atoms with E-state index in [0.717, 1.165) is 21.7 Å². The molecule has 3 aromatic carbocycles. The third-order valence-corrected chi connectivity index (χ3v) is 14.4. The number of ether oxygens (including phenoxy) is 1. The van der Waals surface area contributed by atoms with E-state index in [4.69, 9.17) is 9.16 Å². The van der Waals surface area contributed by atoms with Gasteiger partial charge < -0.3 is 24.2 Å². The van der Waals surface area contributed by atoms with E-state index in [9.17, 15) is 10.0 Å². The van der Waals surface area contributed by atoms with Crippen molar-refractivity contribution < 1.29 is 27.9 Å². The van der Waals surface area contributed by atoms with E-state index in [0.29, 0.717) is 18.7 Å². The second-order valence-corrected chi connectivity index (χ2v) is 18.5. The lowest BCUT2D eigenvalue weighted by Crippen LogP contribution is -2.66. The number of halogens is 2. The largest absolute Gasteiger partial charge is 0.410 e. The molecule has 1 aliphatic rings. The van der Waals surface area contributed by atoms with Crippen molar-refractivity contribution >= 4 is 47.3 Å². The molecule has 0 bridgehead atoms. The predicted molar refractivity (Wildman–Crippen MR) is 189 cm³/mol. The van der Waals surface area contributed by atoms with Crippen LogP contribution in [0.4, 0.5) is 14.5 Å². The summed E-state index contributed by atoms with van der Waals surface area (Å²) in [6.07, 6.45) is -0.447. The van der Waals surface area contributed by atoms with Gasteiger partial charge in [0, 0.05) is 43.7 Å². The number of thiazole rings is 1. The minimum atomic E-state index is -3.09. The van der Waals surface area contributed by atoms with Crippen molar-refractivity contribution in [3.05, 3.63) is 106 Å². The van der Waals surface area contributed by atoms with Gasteiger partial charge in [-0.3, -0.25) is 4.79 Å². The molecule has 1 saturated heterocycles. The van der Waals surface area contributed by atoms with Gasteiger partial charge in [0.25, 0.3) is 14.2 Å². The van der Waals surface area contributed by atoms with Gasteiger partial charge in [-0.2, -0.15) is 0 Å². The second kappa shape index (κ2) is 14.3. The molecule has 1 amide bonds. The smallest absolute Gasteiger partial charge is 0.272 e. The lowest BCUT2D eigenvalue weighted by molar-refractivity contribution is -0.00553. The Bertz CT molecular complexity index is 1730. The number of anilines is 1. The molecule has 0 saturated carbocycles. The lowest BCUT2D eigenvalue weighted by atomic mass is 10.0. The molecule has 12 heteroatoms. The Morgan fingerprint density at radius 3 is 2.10 bits per heavy atom. The molecule has 2 atom stereocenters. The van der Waals surface area contributed by atoms with Crippen molar-refractivity contribution in [1.29, 1.82) is 0 Å². The van der Waals surface area contributed by atoms with Crippen molar-refractivity contribution in [2.24, 2.45) is 5.16 Å². The van der Waals surface area contributed by atoms with Crippen LogP contribution in [0.1, 0.15) is 61.2 Å². The lowest BCUT2D eigenvalue weighted by Gasteiger charge is -2.43. The topological polar surface area (TPSA) is 87.5 Å². The van der Waals surface area contributed by atoms with Crippen LogP contribution < -0.4 is 15.3 Å². The zero-order chi connectivity index (χ0) is 34.8. The molecular weight excluding hydrogens is 651 g/mol. The summed E-state index contributed by atoms with van der Waals surface area (Å²) in [5.74, 6) is -2.64. The number of hydrogen-bond acceptors (Lipinski definition) is 8. The summed E-state index contributed by atoms with van der Waals surface area (Å²) in [4.78, 5) is 20.0. The van der Waals surface area contributed by atoms with E-state index < -0.39 is 20.0 Å². The van der Waals surface area contributed by atoms with Crippen LogP contribution in [0.25, 0.3) is 0 Å². The van der Waals surface area contributed by atoms with Crippen LogP contribution in [-0.4, -0.2) is 74.4 Å². The number of carbonyl (C=O) groups excluding carboxylic acids is 1. The van der Waals surface area contributed by atoms with Crippen LogP contribution in [0.3, 0.4) is 0 Å². The zero-order valence-corrected chi connectivity index (χ0v) is 30.1. The average molecular weight is 693 g/mol. The van der Waals surface area contributed by atoms with Gasteiger partial charge in [0.15, 0.2) is 11.6 Å². The number of amides is 1. The number of oxime groups is 1. The summed E-state index contributed by atoms with van der Waals surface area (Å²) in [6.45, 7) is 10.9. The molecule has 2 heterocycles. The normalized spacial score (nSPS) is 17.4. The van der Waals surface area contributed by atoms with Crippen molar-refractivity contribution in [3.63, 3.8) is 0 Å². The van der Waals surface area contributed by atoms with Gasteiger partial charge in [0.2, 0.25) is 0 Å². The SMILES string of the molecule is C[C@@H]1CN(c2c(CO[Si](c3ccccc3)(c3ccccc3)C(C)(C)C)cc(C(=NO)c3nc(C(=O)N(C)C)cs3)c(F)c2F)C[C@H](C)O1. The van der Waals surface area contributed by atoms with Crippen molar-refractivity contribution in [1.82, 2.24) is 9.88 Å². The fourth-order valence-corrected chi connectivity index (χ4v) is 11.8. The molecule has 254 valence electrons. The van der Waals surface area contributed by atoms with Gasteiger partial charge >= 0.3 is 0 Å². The highest BCUT2D eigenvalue weighted by atomic mass is 32.1. The van der Waals surface area contributed by atoms with Gasteiger partial charge in [-0.05, 0) is 35.3 Å². The van der Waals surface area contributed by atoms with E-state index in [2.05, 4.69) is 55.2 Å². The highest BCUT2D eigenvalue weighted by molar-refractivity contribution is 7.12. The van der Waals surface area contributed by atoms with E-state index >= 15 is 8.78 Å².